The summed E-state index contributed by atoms with van der Waals surface area (Å²) in [7, 11) is 0. The second kappa shape index (κ2) is 5.18. The van der Waals surface area contributed by atoms with E-state index < -0.39 is 11.9 Å². The van der Waals surface area contributed by atoms with E-state index in [0.717, 1.165) is 0 Å². The van der Waals surface area contributed by atoms with Crippen LogP contribution < -0.4 is 16.4 Å². The Morgan fingerprint density at radius 1 is 1.39 bits per heavy atom. The first-order valence-electron chi connectivity index (χ1n) is 5.98. The van der Waals surface area contributed by atoms with Crippen LogP contribution >= 0.6 is 0 Å². The van der Waals surface area contributed by atoms with Crippen molar-refractivity contribution in [2.45, 2.75) is 32.0 Å². The van der Waals surface area contributed by atoms with Crippen LogP contribution in [0.1, 0.15) is 18.1 Å². The third-order valence-electron chi connectivity index (χ3n) is 3.18. The lowest BCUT2D eigenvalue weighted by atomic mass is 9.95. The van der Waals surface area contributed by atoms with Gasteiger partial charge in [0.05, 0.1) is 6.04 Å². The fourth-order valence-electron chi connectivity index (χ4n) is 2.02. The monoisotopic (exact) mass is 247 g/mol. The third-order valence-corrected chi connectivity index (χ3v) is 3.18. The maximum absolute atomic E-state index is 11.9. The molecule has 96 valence electrons. The number of primary amides is 1. The lowest BCUT2D eigenvalue weighted by molar-refractivity contribution is -0.128. The quantitative estimate of drug-likeness (QED) is 0.685. The molecule has 1 heterocycles. The highest BCUT2D eigenvalue weighted by molar-refractivity contribution is 5.89. The average molecular weight is 247 g/mol. The van der Waals surface area contributed by atoms with Crippen LogP contribution in [0.2, 0.25) is 0 Å². The fraction of sp³-hybridized carbons (Fsp3) is 0.385. The van der Waals surface area contributed by atoms with Crippen molar-refractivity contribution < 1.29 is 9.59 Å². The van der Waals surface area contributed by atoms with Crippen LogP contribution in [0, 0.1) is 0 Å². The molecule has 2 atom stereocenters. The standard InChI is InChI=1S/C13H17N3O2/c1-8(12(14)17)16-13(18)11-6-9-4-2-3-5-10(9)7-15-11/h2-5,8,11,15H,6-7H2,1H3,(H2,14,17)(H,16,18)/t8-,11?/m0/s1. The molecule has 0 aliphatic carbocycles. The molecule has 5 heteroatoms. The van der Waals surface area contributed by atoms with Crippen molar-refractivity contribution >= 4 is 11.8 Å². The van der Waals surface area contributed by atoms with Crippen molar-refractivity contribution in [2.24, 2.45) is 5.73 Å². The number of rotatable bonds is 3. The molecule has 1 aromatic rings. The molecule has 1 aromatic carbocycles. The Balaban J connectivity index is 2.00. The molecule has 2 rings (SSSR count). The van der Waals surface area contributed by atoms with Gasteiger partial charge in [0.15, 0.2) is 0 Å². The Hall–Kier alpha value is -1.88. The summed E-state index contributed by atoms with van der Waals surface area (Å²) in [5, 5.41) is 5.76. The van der Waals surface area contributed by atoms with E-state index in [4.69, 9.17) is 5.73 Å². The van der Waals surface area contributed by atoms with Gasteiger partial charge >= 0.3 is 0 Å². The first-order chi connectivity index (χ1) is 8.58. The number of carbonyl (C=O) groups is 2. The Labute approximate surface area is 106 Å². The van der Waals surface area contributed by atoms with Gasteiger partial charge in [-0.3, -0.25) is 9.59 Å². The molecule has 0 bridgehead atoms. The SMILES string of the molecule is C[C@H](NC(=O)C1Cc2ccccc2CN1)C(N)=O. The van der Waals surface area contributed by atoms with Gasteiger partial charge in [-0.05, 0) is 24.5 Å². The number of carbonyl (C=O) groups excluding carboxylic acids is 2. The molecule has 0 fully saturated rings. The molecule has 0 radical (unpaired) electrons. The summed E-state index contributed by atoms with van der Waals surface area (Å²) in [4.78, 5) is 22.8. The van der Waals surface area contributed by atoms with Crippen LogP contribution in [0.15, 0.2) is 24.3 Å². The highest BCUT2D eigenvalue weighted by atomic mass is 16.2. The van der Waals surface area contributed by atoms with E-state index >= 15 is 0 Å². The van der Waals surface area contributed by atoms with Crippen LogP contribution in [0.5, 0.6) is 0 Å². The number of hydrogen-bond donors (Lipinski definition) is 3. The second-order valence-electron chi connectivity index (χ2n) is 4.54. The van der Waals surface area contributed by atoms with E-state index in [1.807, 2.05) is 24.3 Å². The lowest BCUT2D eigenvalue weighted by Gasteiger charge is -2.26. The number of fused-ring (bicyclic) bond motifs is 1. The van der Waals surface area contributed by atoms with Gasteiger partial charge in [-0.1, -0.05) is 24.3 Å². The Morgan fingerprint density at radius 2 is 2.06 bits per heavy atom. The van der Waals surface area contributed by atoms with E-state index in [2.05, 4.69) is 10.6 Å². The number of amides is 2. The highest BCUT2D eigenvalue weighted by Crippen LogP contribution is 2.16. The van der Waals surface area contributed by atoms with Gasteiger partial charge in [-0.2, -0.15) is 0 Å². The summed E-state index contributed by atoms with van der Waals surface area (Å²) in [5.74, 6) is -0.713. The van der Waals surface area contributed by atoms with Crippen LogP contribution in [0.3, 0.4) is 0 Å². The molecule has 0 saturated carbocycles. The molecule has 1 aliphatic rings. The minimum absolute atomic E-state index is 0.184. The molecular weight excluding hydrogens is 230 g/mol. The summed E-state index contributed by atoms with van der Waals surface area (Å²) in [6.45, 7) is 2.25. The molecule has 0 spiro atoms. The van der Waals surface area contributed by atoms with Gasteiger partial charge < -0.3 is 16.4 Å². The molecule has 2 amide bonds. The predicted octanol–water partition coefficient (Wildman–Crippen LogP) is -0.309. The maximum Gasteiger partial charge on any atom is 0.239 e. The number of benzene rings is 1. The average Bonchev–Trinajstić information content (AvgIpc) is 2.37. The molecule has 0 aromatic heterocycles. The zero-order valence-corrected chi connectivity index (χ0v) is 10.3. The molecular formula is C13H17N3O2. The number of nitrogens with one attached hydrogen (secondary N) is 2. The smallest absolute Gasteiger partial charge is 0.239 e. The summed E-state index contributed by atoms with van der Waals surface area (Å²) in [5.41, 5.74) is 7.50. The normalized spacial score (nSPS) is 19.7. The second-order valence-corrected chi connectivity index (χ2v) is 4.54. The minimum Gasteiger partial charge on any atom is -0.368 e. The van der Waals surface area contributed by atoms with Crippen molar-refractivity contribution in [3.8, 4) is 0 Å². The highest BCUT2D eigenvalue weighted by Gasteiger charge is 2.25. The predicted molar refractivity (Wildman–Crippen MR) is 67.6 cm³/mol. The van der Waals surface area contributed by atoms with E-state index in [1.165, 1.54) is 11.1 Å². The van der Waals surface area contributed by atoms with Gasteiger partial charge in [0.2, 0.25) is 11.8 Å². The maximum atomic E-state index is 11.9. The topological polar surface area (TPSA) is 84.2 Å². The lowest BCUT2D eigenvalue weighted by Crippen LogP contribution is -2.52. The van der Waals surface area contributed by atoms with Crippen LogP contribution in [0.25, 0.3) is 0 Å². The van der Waals surface area contributed by atoms with Gasteiger partial charge in [-0.25, -0.2) is 0 Å². The largest absolute Gasteiger partial charge is 0.368 e. The van der Waals surface area contributed by atoms with E-state index in [9.17, 15) is 9.59 Å². The van der Waals surface area contributed by atoms with Gasteiger partial charge in [0, 0.05) is 6.54 Å². The Morgan fingerprint density at radius 3 is 2.72 bits per heavy atom. The van der Waals surface area contributed by atoms with Crippen molar-refractivity contribution in [3.05, 3.63) is 35.4 Å². The molecule has 1 aliphatic heterocycles. The van der Waals surface area contributed by atoms with Crippen molar-refractivity contribution in [3.63, 3.8) is 0 Å². The number of hydrogen-bond acceptors (Lipinski definition) is 3. The zero-order valence-electron chi connectivity index (χ0n) is 10.3. The van der Waals surface area contributed by atoms with Crippen LogP contribution in [0.4, 0.5) is 0 Å². The Bertz CT molecular complexity index is 473. The zero-order chi connectivity index (χ0) is 13.1. The molecule has 5 nitrogen and oxygen atoms in total. The summed E-state index contributed by atoms with van der Waals surface area (Å²) in [6.07, 6.45) is 0.632. The molecule has 18 heavy (non-hydrogen) atoms. The van der Waals surface area contributed by atoms with Crippen LogP contribution in [-0.2, 0) is 22.6 Å². The summed E-state index contributed by atoms with van der Waals surface area (Å²) in [6, 6.07) is 7.07. The van der Waals surface area contributed by atoms with Crippen molar-refractivity contribution in [1.82, 2.24) is 10.6 Å². The van der Waals surface area contributed by atoms with E-state index in [1.54, 1.807) is 6.92 Å². The first kappa shape index (κ1) is 12.6. The third kappa shape index (κ3) is 2.68. The van der Waals surface area contributed by atoms with Crippen molar-refractivity contribution in [2.75, 3.05) is 0 Å². The minimum atomic E-state index is -0.642. The van der Waals surface area contributed by atoms with Crippen LogP contribution in [-0.4, -0.2) is 23.9 Å². The van der Waals surface area contributed by atoms with Crippen molar-refractivity contribution in [1.29, 1.82) is 0 Å². The van der Waals surface area contributed by atoms with E-state index in [-0.39, 0.29) is 11.9 Å². The van der Waals surface area contributed by atoms with Gasteiger partial charge in [0.25, 0.3) is 0 Å². The molecule has 4 N–H and O–H groups in total. The van der Waals surface area contributed by atoms with E-state index in [0.29, 0.717) is 13.0 Å². The molecule has 0 saturated heterocycles. The fourth-order valence-corrected chi connectivity index (χ4v) is 2.02. The first-order valence-corrected chi connectivity index (χ1v) is 5.98. The van der Waals surface area contributed by atoms with Gasteiger partial charge in [0.1, 0.15) is 6.04 Å². The Kier molecular flexibility index (Phi) is 3.62. The summed E-state index contributed by atoms with van der Waals surface area (Å²) >= 11 is 0. The number of nitrogens with two attached hydrogens (primary N) is 1. The summed E-state index contributed by atoms with van der Waals surface area (Å²) < 4.78 is 0. The van der Waals surface area contributed by atoms with Gasteiger partial charge in [-0.15, -0.1) is 0 Å². The molecule has 1 unspecified atom stereocenters.